The molecular weight excluding hydrogens is 296 g/mol. The van der Waals surface area contributed by atoms with Crippen molar-refractivity contribution < 1.29 is 4.21 Å². The van der Waals surface area contributed by atoms with Crippen molar-refractivity contribution in [1.82, 2.24) is 9.59 Å². The van der Waals surface area contributed by atoms with E-state index in [9.17, 15) is 4.21 Å². The summed E-state index contributed by atoms with van der Waals surface area (Å²) in [7, 11) is -1.16. The standard InChI is InChI=1S/C9H7BrN2OS2/c1-6-9(14-12-11-6)15(13)8-4-2-7(10)3-5-8/h2-5H,1H3/t15-/m0/s1. The zero-order valence-corrected chi connectivity index (χ0v) is 11.0. The average Bonchev–Trinajstić information content (AvgIpc) is 2.65. The van der Waals surface area contributed by atoms with Crippen molar-refractivity contribution in [2.75, 3.05) is 0 Å². The molecule has 1 heterocycles. The fourth-order valence-electron chi connectivity index (χ4n) is 1.06. The van der Waals surface area contributed by atoms with E-state index in [0.717, 1.165) is 19.3 Å². The summed E-state index contributed by atoms with van der Waals surface area (Å²) >= 11 is 4.52. The van der Waals surface area contributed by atoms with E-state index >= 15 is 0 Å². The summed E-state index contributed by atoms with van der Waals surface area (Å²) in [4.78, 5) is 0.771. The van der Waals surface area contributed by atoms with Crippen molar-refractivity contribution in [3.05, 3.63) is 34.4 Å². The van der Waals surface area contributed by atoms with Crippen LogP contribution in [0.15, 0.2) is 37.8 Å². The lowest BCUT2D eigenvalue weighted by molar-refractivity contribution is 0.684. The van der Waals surface area contributed by atoms with Gasteiger partial charge in [-0.25, -0.2) is 4.21 Å². The fourth-order valence-corrected chi connectivity index (χ4v) is 3.30. The molecule has 1 aromatic heterocycles. The maximum Gasteiger partial charge on any atom is 0.140 e. The molecule has 0 saturated carbocycles. The molecule has 15 heavy (non-hydrogen) atoms. The molecule has 0 aliphatic rings. The van der Waals surface area contributed by atoms with Crippen molar-refractivity contribution in [2.24, 2.45) is 0 Å². The molecule has 6 heteroatoms. The first-order valence-electron chi connectivity index (χ1n) is 4.15. The summed E-state index contributed by atoms with van der Waals surface area (Å²) in [5.41, 5.74) is 0.737. The van der Waals surface area contributed by atoms with Crippen LogP contribution in [0.25, 0.3) is 0 Å². The molecule has 0 saturated heterocycles. The molecule has 0 bridgehead atoms. The summed E-state index contributed by atoms with van der Waals surface area (Å²) < 4.78 is 17.5. The van der Waals surface area contributed by atoms with E-state index in [1.165, 1.54) is 11.5 Å². The minimum absolute atomic E-state index is 0.720. The first kappa shape index (κ1) is 10.9. The summed E-state index contributed by atoms with van der Waals surface area (Å²) in [6.45, 7) is 1.82. The van der Waals surface area contributed by atoms with Crippen LogP contribution >= 0.6 is 27.5 Å². The third-order valence-electron chi connectivity index (χ3n) is 1.81. The third kappa shape index (κ3) is 2.32. The van der Waals surface area contributed by atoms with Gasteiger partial charge in [-0.15, -0.1) is 5.10 Å². The maximum atomic E-state index is 12.1. The lowest BCUT2D eigenvalue weighted by atomic mass is 10.4. The quantitative estimate of drug-likeness (QED) is 0.857. The molecule has 1 atom stereocenters. The van der Waals surface area contributed by atoms with Gasteiger partial charge >= 0.3 is 0 Å². The molecule has 2 aromatic rings. The van der Waals surface area contributed by atoms with Gasteiger partial charge in [0.05, 0.1) is 16.5 Å². The number of aryl methyl sites for hydroxylation is 1. The van der Waals surface area contributed by atoms with Gasteiger partial charge in [-0.3, -0.25) is 0 Å². The van der Waals surface area contributed by atoms with Crippen LogP contribution in [0.2, 0.25) is 0 Å². The molecule has 3 nitrogen and oxygen atoms in total. The Morgan fingerprint density at radius 2 is 2.00 bits per heavy atom. The second-order valence-electron chi connectivity index (χ2n) is 2.87. The minimum atomic E-state index is -1.16. The van der Waals surface area contributed by atoms with Crippen molar-refractivity contribution in [3.8, 4) is 0 Å². The maximum absolute atomic E-state index is 12.1. The van der Waals surface area contributed by atoms with E-state index in [-0.39, 0.29) is 0 Å². The normalized spacial score (nSPS) is 12.7. The van der Waals surface area contributed by atoms with Gasteiger partial charge in [-0.05, 0) is 42.7 Å². The lowest BCUT2D eigenvalue weighted by Gasteiger charge is -1.99. The molecule has 78 valence electrons. The molecule has 0 fully saturated rings. The number of hydrogen-bond acceptors (Lipinski definition) is 4. The number of benzene rings is 1. The van der Waals surface area contributed by atoms with Crippen LogP contribution < -0.4 is 0 Å². The summed E-state index contributed by atoms with van der Waals surface area (Å²) in [6, 6.07) is 7.41. The fraction of sp³-hybridized carbons (Fsp3) is 0.111. The summed E-state index contributed by atoms with van der Waals surface area (Å²) in [5, 5.41) is 3.85. The highest BCUT2D eigenvalue weighted by atomic mass is 79.9. The van der Waals surface area contributed by atoms with Crippen LogP contribution in [0, 0.1) is 6.92 Å². The van der Waals surface area contributed by atoms with Crippen molar-refractivity contribution in [1.29, 1.82) is 0 Å². The SMILES string of the molecule is Cc1nnsc1[S@@](=O)c1ccc(Br)cc1. The Labute approximate surface area is 102 Å². The first-order chi connectivity index (χ1) is 7.18. The zero-order valence-electron chi connectivity index (χ0n) is 7.81. The van der Waals surface area contributed by atoms with Gasteiger partial charge < -0.3 is 0 Å². The largest absolute Gasteiger partial charge is 0.248 e. The molecule has 0 aliphatic carbocycles. The highest BCUT2D eigenvalue weighted by Gasteiger charge is 2.13. The monoisotopic (exact) mass is 302 g/mol. The molecule has 2 rings (SSSR count). The lowest BCUT2D eigenvalue weighted by Crippen LogP contribution is -1.91. The van der Waals surface area contributed by atoms with Crippen molar-refractivity contribution in [2.45, 2.75) is 16.0 Å². The molecule has 0 radical (unpaired) electrons. The third-order valence-corrected chi connectivity index (χ3v) is 4.97. The Balaban J connectivity index is 2.37. The van der Waals surface area contributed by atoms with E-state index in [4.69, 9.17) is 0 Å². The molecule has 0 unspecified atom stereocenters. The van der Waals surface area contributed by atoms with Gasteiger partial charge in [-0.2, -0.15) is 0 Å². The van der Waals surface area contributed by atoms with Crippen molar-refractivity contribution >= 4 is 38.3 Å². The first-order valence-corrected chi connectivity index (χ1v) is 6.86. The average molecular weight is 303 g/mol. The Morgan fingerprint density at radius 3 is 2.53 bits per heavy atom. The van der Waals surface area contributed by atoms with E-state index < -0.39 is 10.8 Å². The second kappa shape index (κ2) is 4.51. The number of hydrogen-bond donors (Lipinski definition) is 0. The van der Waals surface area contributed by atoms with Gasteiger partial charge in [0.15, 0.2) is 0 Å². The Kier molecular flexibility index (Phi) is 3.28. The van der Waals surface area contributed by atoms with Gasteiger partial charge in [0.2, 0.25) is 0 Å². The minimum Gasteiger partial charge on any atom is -0.248 e. The van der Waals surface area contributed by atoms with Gasteiger partial charge in [-0.1, -0.05) is 20.4 Å². The molecular formula is C9H7BrN2OS2. The van der Waals surface area contributed by atoms with Crippen LogP contribution in [0.4, 0.5) is 0 Å². The highest BCUT2D eigenvalue weighted by molar-refractivity contribution is 9.10. The summed E-state index contributed by atoms with van der Waals surface area (Å²) in [5.74, 6) is 0. The zero-order chi connectivity index (χ0) is 10.8. The van der Waals surface area contributed by atoms with Crippen LogP contribution in [-0.2, 0) is 10.8 Å². The number of aromatic nitrogens is 2. The van der Waals surface area contributed by atoms with Gasteiger partial charge in [0.1, 0.15) is 4.21 Å². The Hall–Kier alpha value is -0.590. The van der Waals surface area contributed by atoms with Gasteiger partial charge in [0, 0.05) is 9.37 Å². The van der Waals surface area contributed by atoms with Crippen LogP contribution in [0.3, 0.4) is 0 Å². The predicted octanol–water partition coefficient (Wildman–Crippen LogP) is 2.78. The number of rotatable bonds is 2. The topological polar surface area (TPSA) is 42.9 Å². The molecule has 0 amide bonds. The Bertz CT molecular complexity index is 495. The van der Waals surface area contributed by atoms with Crippen LogP contribution in [0.1, 0.15) is 5.69 Å². The Morgan fingerprint density at radius 1 is 1.33 bits per heavy atom. The van der Waals surface area contributed by atoms with E-state index in [1.807, 2.05) is 31.2 Å². The molecule has 0 aliphatic heterocycles. The predicted molar refractivity (Wildman–Crippen MR) is 63.5 cm³/mol. The number of halogens is 1. The molecule has 1 aromatic carbocycles. The number of nitrogens with zero attached hydrogens (tertiary/aromatic N) is 2. The smallest absolute Gasteiger partial charge is 0.140 e. The summed E-state index contributed by atoms with van der Waals surface area (Å²) in [6.07, 6.45) is 0. The van der Waals surface area contributed by atoms with E-state index in [1.54, 1.807) is 0 Å². The van der Waals surface area contributed by atoms with Crippen LogP contribution in [0.5, 0.6) is 0 Å². The van der Waals surface area contributed by atoms with E-state index in [2.05, 4.69) is 25.5 Å². The highest BCUT2D eigenvalue weighted by Crippen LogP contribution is 2.22. The van der Waals surface area contributed by atoms with E-state index in [0.29, 0.717) is 0 Å². The molecule has 0 N–H and O–H groups in total. The van der Waals surface area contributed by atoms with Crippen LogP contribution in [-0.4, -0.2) is 13.8 Å². The molecule has 0 spiro atoms. The second-order valence-corrected chi connectivity index (χ2v) is 6.21. The van der Waals surface area contributed by atoms with Crippen molar-refractivity contribution in [3.63, 3.8) is 0 Å². The van der Waals surface area contributed by atoms with Gasteiger partial charge in [0.25, 0.3) is 0 Å².